The number of rotatable bonds is 4. The zero-order chi connectivity index (χ0) is 18.0. The maximum atomic E-state index is 13.0. The molecule has 1 unspecified atom stereocenters. The third kappa shape index (κ3) is 4.19. The molecule has 1 aromatic rings. The fourth-order valence-corrected chi connectivity index (χ4v) is 4.89. The van der Waals surface area contributed by atoms with Crippen LogP contribution in [0.4, 0.5) is 4.39 Å². The number of likely N-dealkylation sites (tertiary alicyclic amines) is 1. The Kier molecular flexibility index (Phi) is 5.41. The molecule has 6 nitrogen and oxygen atoms in total. The first kappa shape index (κ1) is 18.3. The minimum atomic E-state index is -3.68. The number of sulfonamides is 1. The fraction of sp³-hybridized carbons (Fsp3) is 0.588. The van der Waals surface area contributed by atoms with E-state index in [4.69, 9.17) is 0 Å². The van der Waals surface area contributed by atoms with Crippen LogP contribution in [-0.2, 0) is 14.8 Å². The van der Waals surface area contributed by atoms with E-state index in [1.165, 1.54) is 16.4 Å². The van der Waals surface area contributed by atoms with E-state index in [1.807, 2.05) is 0 Å². The van der Waals surface area contributed by atoms with Crippen molar-refractivity contribution in [2.45, 2.75) is 30.2 Å². The van der Waals surface area contributed by atoms with Gasteiger partial charge in [-0.2, -0.15) is 4.31 Å². The van der Waals surface area contributed by atoms with Gasteiger partial charge in [-0.15, -0.1) is 0 Å². The van der Waals surface area contributed by atoms with Crippen molar-refractivity contribution in [2.24, 2.45) is 5.92 Å². The van der Waals surface area contributed by atoms with Crippen molar-refractivity contribution in [1.82, 2.24) is 14.5 Å². The molecule has 0 radical (unpaired) electrons. The smallest absolute Gasteiger partial charge is 0.243 e. The first-order valence-electron chi connectivity index (χ1n) is 8.61. The topological polar surface area (TPSA) is 69.7 Å². The molecule has 1 atom stereocenters. The summed E-state index contributed by atoms with van der Waals surface area (Å²) >= 11 is 0. The van der Waals surface area contributed by atoms with Crippen LogP contribution in [-0.4, -0.2) is 62.8 Å². The Morgan fingerprint density at radius 3 is 2.40 bits per heavy atom. The average Bonchev–Trinajstić information content (AvgIpc) is 3.08. The quantitative estimate of drug-likeness (QED) is 0.861. The van der Waals surface area contributed by atoms with Crippen molar-refractivity contribution in [3.05, 3.63) is 30.1 Å². The second-order valence-electron chi connectivity index (χ2n) is 6.89. The van der Waals surface area contributed by atoms with Gasteiger partial charge in [0.2, 0.25) is 15.9 Å². The number of hydrogen-bond acceptors (Lipinski definition) is 4. The number of halogens is 1. The second-order valence-corrected chi connectivity index (χ2v) is 8.83. The third-order valence-electron chi connectivity index (χ3n) is 5.04. The summed E-state index contributed by atoms with van der Waals surface area (Å²) in [5.41, 5.74) is 0. The van der Waals surface area contributed by atoms with Crippen molar-refractivity contribution in [1.29, 1.82) is 0 Å². The molecule has 0 aliphatic carbocycles. The van der Waals surface area contributed by atoms with Gasteiger partial charge in [-0.25, -0.2) is 12.8 Å². The Balaban J connectivity index is 1.59. The van der Waals surface area contributed by atoms with E-state index < -0.39 is 15.8 Å². The Hall–Kier alpha value is -1.51. The summed E-state index contributed by atoms with van der Waals surface area (Å²) in [6.45, 7) is 2.41. The number of amides is 1. The highest BCUT2D eigenvalue weighted by molar-refractivity contribution is 7.89. The lowest BCUT2D eigenvalue weighted by Gasteiger charge is -2.30. The molecule has 1 N–H and O–H groups in total. The highest BCUT2D eigenvalue weighted by atomic mass is 32.2. The predicted molar refractivity (Wildman–Crippen MR) is 91.9 cm³/mol. The summed E-state index contributed by atoms with van der Waals surface area (Å²) in [6.07, 6.45) is 2.36. The number of nitrogens with one attached hydrogen (secondary N) is 1. The predicted octanol–water partition coefficient (Wildman–Crippen LogP) is 1.05. The number of benzene rings is 1. The van der Waals surface area contributed by atoms with Crippen LogP contribution in [0, 0.1) is 11.7 Å². The van der Waals surface area contributed by atoms with Gasteiger partial charge >= 0.3 is 0 Å². The van der Waals surface area contributed by atoms with Crippen molar-refractivity contribution in [3.63, 3.8) is 0 Å². The summed E-state index contributed by atoms with van der Waals surface area (Å²) < 4.78 is 39.5. The van der Waals surface area contributed by atoms with Gasteiger partial charge in [0.05, 0.1) is 10.8 Å². The molecule has 8 heteroatoms. The van der Waals surface area contributed by atoms with Crippen LogP contribution in [0.3, 0.4) is 0 Å². The number of piperidine rings is 1. The van der Waals surface area contributed by atoms with E-state index in [0.29, 0.717) is 13.0 Å². The number of carbonyl (C=O) groups is 1. The number of nitrogens with zero attached hydrogens (tertiary/aromatic N) is 2. The van der Waals surface area contributed by atoms with E-state index in [-0.39, 0.29) is 29.3 Å². The minimum absolute atomic E-state index is 0.0604. The summed E-state index contributed by atoms with van der Waals surface area (Å²) in [4.78, 5) is 14.7. The summed E-state index contributed by atoms with van der Waals surface area (Å²) in [7, 11) is -1.62. The van der Waals surface area contributed by atoms with Gasteiger partial charge in [-0.3, -0.25) is 4.79 Å². The molecule has 2 heterocycles. The van der Waals surface area contributed by atoms with Gasteiger partial charge in [0.15, 0.2) is 0 Å². The molecule has 1 amide bonds. The molecule has 1 aromatic carbocycles. The largest absolute Gasteiger partial charge is 0.353 e. The van der Waals surface area contributed by atoms with Crippen LogP contribution in [0.2, 0.25) is 0 Å². The van der Waals surface area contributed by atoms with Gasteiger partial charge in [-0.1, -0.05) is 0 Å². The molecular weight excluding hydrogens is 345 g/mol. The molecule has 0 spiro atoms. The molecule has 0 aromatic heterocycles. The summed E-state index contributed by atoms with van der Waals surface area (Å²) in [5, 5.41) is 3.06. The van der Waals surface area contributed by atoms with E-state index in [1.54, 1.807) is 0 Å². The Bertz CT molecular complexity index is 715. The van der Waals surface area contributed by atoms with Crippen LogP contribution < -0.4 is 5.32 Å². The highest BCUT2D eigenvalue weighted by Gasteiger charge is 2.36. The SMILES string of the molecule is CN1CCC(NC(=O)C2CCN(S(=O)(=O)c3ccc(F)cc3)C2)CC1. The first-order chi connectivity index (χ1) is 11.9. The van der Waals surface area contributed by atoms with Crippen LogP contribution in [0.15, 0.2) is 29.2 Å². The standard InChI is InChI=1S/C17H24FN3O3S/c1-20-9-7-15(8-10-20)19-17(22)13-6-11-21(12-13)25(23,24)16-4-2-14(18)3-5-16/h2-5,13,15H,6-12H2,1H3,(H,19,22). The number of carbonyl (C=O) groups excluding carboxylic acids is 1. The van der Waals surface area contributed by atoms with Crippen LogP contribution >= 0.6 is 0 Å². The third-order valence-corrected chi connectivity index (χ3v) is 6.92. The zero-order valence-corrected chi connectivity index (χ0v) is 15.1. The molecule has 3 rings (SSSR count). The lowest BCUT2D eigenvalue weighted by Crippen LogP contribution is -2.45. The summed E-state index contributed by atoms with van der Waals surface area (Å²) in [6, 6.07) is 4.96. The molecule has 2 aliphatic heterocycles. The van der Waals surface area contributed by atoms with Gasteiger partial charge in [0.1, 0.15) is 5.82 Å². The zero-order valence-electron chi connectivity index (χ0n) is 14.3. The molecule has 0 bridgehead atoms. The minimum Gasteiger partial charge on any atom is -0.353 e. The summed E-state index contributed by atoms with van der Waals surface area (Å²) in [5.74, 6) is -0.864. The molecule has 2 saturated heterocycles. The Morgan fingerprint density at radius 2 is 1.76 bits per heavy atom. The van der Waals surface area contributed by atoms with Crippen molar-refractivity contribution >= 4 is 15.9 Å². The lowest BCUT2D eigenvalue weighted by molar-refractivity contribution is -0.125. The molecular formula is C17H24FN3O3S. The monoisotopic (exact) mass is 369 g/mol. The average molecular weight is 369 g/mol. The Morgan fingerprint density at radius 1 is 1.12 bits per heavy atom. The van der Waals surface area contributed by atoms with Crippen molar-refractivity contribution in [3.8, 4) is 0 Å². The van der Waals surface area contributed by atoms with Crippen LogP contribution in [0.5, 0.6) is 0 Å². The van der Waals surface area contributed by atoms with Crippen LogP contribution in [0.25, 0.3) is 0 Å². The van der Waals surface area contributed by atoms with E-state index >= 15 is 0 Å². The Labute approximate surface area is 148 Å². The van der Waals surface area contributed by atoms with Gasteiger partial charge in [0, 0.05) is 19.1 Å². The van der Waals surface area contributed by atoms with E-state index in [2.05, 4.69) is 17.3 Å². The van der Waals surface area contributed by atoms with Gasteiger partial charge in [-0.05, 0) is 63.7 Å². The highest BCUT2D eigenvalue weighted by Crippen LogP contribution is 2.25. The lowest BCUT2D eigenvalue weighted by atomic mass is 10.0. The number of hydrogen-bond donors (Lipinski definition) is 1. The first-order valence-corrected chi connectivity index (χ1v) is 10.0. The molecule has 2 fully saturated rings. The maximum Gasteiger partial charge on any atom is 0.243 e. The van der Waals surface area contributed by atoms with E-state index in [0.717, 1.165) is 38.1 Å². The fourth-order valence-electron chi connectivity index (χ4n) is 3.39. The molecule has 138 valence electrons. The van der Waals surface area contributed by atoms with Crippen molar-refractivity contribution in [2.75, 3.05) is 33.2 Å². The van der Waals surface area contributed by atoms with Gasteiger partial charge in [0.25, 0.3) is 0 Å². The normalized spacial score (nSPS) is 23.7. The van der Waals surface area contributed by atoms with Crippen LogP contribution in [0.1, 0.15) is 19.3 Å². The molecule has 2 aliphatic rings. The maximum absolute atomic E-state index is 13.0. The second kappa shape index (κ2) is 7.39. The van der Waals surface area contributed by atoms with E-state index in [9.17, 15) is 17.6 Å². The molecule has 25 heavy (non-hydrogen) atoms. The van der Waals surface area contributed by atoms with Gasteiger partial charge < -0.3 is 10.2 Å². The molecule has 0 saturated carbocycles. The van der Waals surface area contributed by atoms with Crippen molar-refractivity contribution < 1.29 is 17.6 Å².